The van der Waals surface area contributed by atoms with Crippen LogP contribution >= 0.6 is 0 Å². The third-order valence-corrected chi connectivity index (χ3v) is 2.39. The van der Waals surface area contributed by atoms with Gasteiger partial charge in [0.1, 0.15) is 0 Å². The van der Waals surface area contributed by atoms with Crippen LogP contribution in [0.4, 0.5) is 0 Å². The molecule has 0 saturated carbocycles. The second kappa shape index (κ2) is 5.43. The van der Waals surface area contributed by atoms with Gasteiger partial charge in [-0.1, -0.05) is 18.2 Å². The number of aryl methyl sites for hydroxylation is 1. The highest BCUT2D eigenvalue weighted by Gasteiger charge is 2.10. The van der Waals surface area contributed by atoms with E-state index >= 15 is 0 Å². The molecule has 0 aliphatic heterocycles. The van der Waals surface area contributed by atoms with Crippen LogP contribution in [0.2, 0.25) is 0 Å². The van der Waals surface area contributed by atoms with E-state index in [4.69, 9.17) is 4.55 Å². The second-order valence-electron chi connectivity index (χ2n) is 4.92. The van der Waals surface area contributed by atoms with Crippen molar-refractivity contribution < 1.29 is 17.5 Å². The number of quaternary nitrogens is 1. The van der Waals surface area contributed by atoms with Gasteiger partial charge in [0.2, 0.25) is 0 Å². The van der Waals surface area contributed by atoms with E-state index in [1.165, 1.54) is 6.07 Å². The lowest BCUT2D eigenvalue weighted by molar-refractivity contribution is -0.849. The van der Waals surface area contributed by atoms with E-state index in [0.717, 1.165) is 4.48 Å². The largest absolute Gasteiger partial charge is 0.333 e. The molecule has 1 aromatic carbocycles. The molecule has 1 N–H and O–H groups in total. The van der Waals surface area contributed by atoms with Crippen LogP contribution in [0.15, 0.2) is 29.2 Å². The van der Waals surface area contributed by atoms with Crippen molar-refractivity contribution in [2.45, 2.75) is 11.8 Å². The van der Waals surface area contributed by atoms with Crippen LogP contribution in [-0.4, -0.2) is 45.6 Å². The average Bonchev–Trinajstić information content (AvgIpc) is 1.99. The quantitative estimate of drug-likeness (QED) is 0.604. The maximum Gasteiger partial charge on any atom is 0.294 e. The van der Waals surface area contributed by atoms with E-state index in [0.29, 0.717) is 5.56 Å². The van der Waals surface area contributed by atoms with Crippen LogP contribution in [0.5, 0.6) is 0 Å². The lowest BCUT2D eigenvalue weighted by Gasteiger charge is -2.14. The molecular weight excluding hydrogens is 226 g/mol. The molecule has 0 fully saturated rings. The summed E-state index contributed by atoms with van der Waals surface area (Å²) in [5.41, 5.74) is 0.551. The van der Waals surface area contributed by atoms with Gasteiger partial charge in [-0.2, -0.15) is 8.42 Å². The average molecular weight is 246 g/mol. The summed E-state index contributed by atoms with van der Waals surface area (Å²) < 4.78 is 30.9. The van der Waals surface area contributed by atoms with Crippen LogP contribution in [-0.2, 0) is 10.1 Å². The normalized spacial score (nSPS) is 11.6. The van der Waals surface area contributed by atoms with Crippen LogP contribution in [0.25, 0.3) is 0 Å². The van der Waals surface area contributed by atoms with Crippen molar-refractivity contribution in [2.24, 2.45) is 0 Å². The minimum absolute atomic E-state index is 0.0278. The van der Waals surface area contributed by atoms with Gasteiger partial charge < -0.3 is 4.48 Å². The molecule has 0 aromatic heterocycles. The van der Waals surface area contributed by atoms with E-state index < -0.39 is 10.1 Å². The third-order valence-electron chi connectivity index (χ3n) is 1.37. The number of hydrogen-bond donors (Lipinski definition) is 1. The van der Waals surface area contributed by atoms with Crippen LogP contribution in [0.3, 0.4) is 0 Å². The molecule has 5 heteroatoms. The highest BCUT2D eigenvalue weighted by Crippen LogP contribution is 2.12. The van der Waals surface area contributed by atoms with Gasteiger partial charge in [-0.05, 0) is 18.6 Å². The summed E-state index contributed by atoms with van der Waals surface area (Å²) in [6.45, 7) is 1.63. The summed E-state index contributed by atoms with van der Waals surface area (Å²) in [7, 11) is 4.47. The van der Waals surface area contributed by atoms with Crippen LogP contribution < -0.4 is 0 Å². The van der Waals surface area contributed by atoms with Crippen LogP contribution in [0, 0.1) is 6.92 Å². The first-order chi connectivity index (χ1) is 7.02. The number of rotatable bonds is 1. The van der Waals surface area contributed by atoms with E-state index in [1.54, 1.807) is 25.1 Å². The maximum absolute atomic E-state index is 10.6. The lowest BCUT2D eigenvalue weighted by atomic mass is 10.2. The zero-order valence-electron chi connectivity index (χ0n) is 10.4. The van der Waals surface area contributed by atoms with Gasteiger partial charge in [0.15, 0.2) is 0 Å². The molecule has 0 atom stereocenters. The van der Waals surface area contributed by atoms with Crippen molar-refractivity contribution in [1.82, 2.24) is 0 Å². The summed E-state index contributed by atoms with van der Waals surface area (Å²) >= 11 is 0. The maximum atomic E-state index is 10.6. The second-order valence-corrected chi connectivity index (χ2v) is 6.31. The Morgan fingerprint density at radius 1 is 1.06 bits per heavy atom. The Bertz CT molecular complexity index is 427. The molecule has 0 saturated heterocycles. The Kier molecular flexibility index (Phi) is 5.12. The summed E-state index contributed by atoms with van der Waals surface area (Å²) in [6.07, 6.45) is 0. The minimum Gasteiger partial charge on any atom is -0.333 e. The highest BCUT2D eigenvalue weighted by molar-refractivity contribution is 7.85. The molecule has 0 spiro atoms. The Morgan fingerprint density at radius 2 is 1.44 bits per heavy atom. The van der Waals surface area contributed by atoms with Gasteiger partial charge in [0, 0.05) is 0 Å². The summed E-state index contributed by atoms with van der Waals surface area (Å²) in [5, 5.41) is 0. The summed E-state index contributed by atoms with van der Waals surface area (Å²) in [5.74, 6) is 0. The van der Waals surface area contributed by atoms with E-state index in [9.17, 15) is 8.42 Å². The monoisotopic (exact) mass is 246 g/mol. The molecule has 0 aliphatic rings. The fourth-order valence-electron chi connectivity index (χ4n) is 0.846. The van der Waals surface area contributed by atoms with Crippen molar-refractivity contribution in [1.29, 1.82) is 0 Å². The molecule has 16 heavy (non-hydrogen) atoms. The molecular formula is C11H20NO3S+. The third kappa shape index (κ3) is 7.39. The van der Waals surface area contributed by atoms with Gasteiger partial charge in [-0.3, -0.25) is 4.55 Å². The summed E-state index contributed by atoms with van der Waals surface area (Å²) in [6, 6.07) is 6.27. The standard InChI is InChI=1S/C7H8O3S.C4H12N/c1-6-4-2-3-5-7(6)11(8,9)10;1-5(2,3)4/h2-5H,1H3,(H,8,9,10);1-4H3/q;+1. The topological polar surface area (TPSA) is 54.4 Å². The Labute approximate surface area is 97.9 Å². The predicted octanol–water partition coefficient (Wildman–Crippen LogP) is 1.56. The Balaban J connectivity index is 0.000000385. The van der Waals surface area contributed by atoms with E-state index in [1.807, 2.05) is 0 Å². The van der Waals surface area contributed by atoms with Gasteiger partial charge in [0.05, 0.1) is 33.1 Å². The summed E-state index contributed by atoms with van der Waals surface area (Å²) in [4.78, 5) is -0.0278. The number of benzene rings is 1. The molecule has 0 aliphatic carbocycles. The zero-order valence-corrected chi connectivity index (χ0v) is 11.2. The van der Waals surface area contributed by atoms with Gasteiger partial charge in [-0.25, -0.2) is 0 Å². The molecule has 0 heterocycles. The van der Waals surface area contributed by atoms with E-state index in [-0.39, 0.29) is 4.90 Å². The fourth-order valence-corrected chi connectivity index (χ4v) is 1.57. The smallest absolute Gasteiger partial charge is 0.294 e. The van der Waals surface area contributed by atoms with Gasteiger partial charge >= 0.3 is 0 Å². The first-order valence-electron chi connectivity index (χ1n) is 4.84. The Morgan fingerprint density at radius 3 is 1.69 bits per heavy atom. The molecule has 0 unspecified atom stereocenters. The molecule has 4 nitrogen and oxygen atoms in total. The first-order valence-corrected chi connectivity index (χ1v) is 6.28. The van der Waals surface area contributed by atoms with Gasteiger partial charge in [-0.15, -0.1) is 0 Å². The lowest BCUT2D eigenvalue weighted by Crippen LogP contribution is -2.27. The van der Waals surface area contributed by atoms with Gasteiger partial charge in [0.25, 0.3) is 10.1 Å². The zero-order chi connectivity index (χ0) is 13.0. The van der Waals surface area contributed by atoms with Crippen molar-refractivity contribution in [3.63, 3.8) is 0 Å². The molecule has 92 valence electrons. The highest BCUT2D eigenvalue weighted by atomic mass is 32.2. The van der Waals surface area contributed by atoms with Crippen molar-refractivity contribution in [2.75, 3.05) is 28.2 Å². The van der Waals surface area contributed by atoms with Crippen molar-refractivity contribution in [3.05, 3.63) is 29.8 Å². The molecule has 1 aromatic rings. The van der Waals surface area contributed by atoms with Crippen LogP contribution in [0.1, 0.15) is 5.56 Å². The molecule has 0 amide bonds. The van der Waals surface area contributed by atoms with Crippen molar-refractivity contribution >= 4 is 10.1 Å². The number of hydrogen-bond acceptors (Lipinski definition) is 2. The van der Waals surface area contributed by atoms with Crippen molar-refractivity contribution in [3.8, 4) is 0 Å². The minimum atomic E-state index is -4.03. The molecule has 0 bridgehead atoms. The SMILES string of the molecule is C[N+](C)(C)C.Cc1ccccc1S(=O)(=O)O. The first kappa shape index (κ1) is 15.1. The molecule has 1 rings (SSSR count). The number of nitrogens with zero attached hydrogens (tertiary/aromatic N) is 1. The van der Waals surface area contributed by atoms with E-state index in [2.05, 4.69) is 28.2 Å². The molecule has 0 radical (unpaired) electrons. The predicted molar refractivity (Wildman–Crippen MR) is 65.0 cm³/mol. The fraction of sp³-hybridized carbons (Fsp3) is 0.455. The Hall–Kier alpha value is -0.910.